The normalized spacial score (nSPS) is 11.9. The number of carbonyl (C=O) groups is 1. The molecule has 0 bridgehead atoms. The van der Waals surface area contributed by atoms with Crippen LogP contribution in [-0.4, -0.2) is 32.7 Å². The van der Waals surface area contributed by atoms with Crippen LogP contribution in [0.2, 0.25) is 0 Å². The zero-order valence-corrected chi connectivity index (χ0v) is 16.0. The first-order valence-electron chi connectivity index (χ1n) is 7.73. The Bertz CT molecular complexity index is 1100. The first kappa shape index (κ1) is 18.5. The lowest BCUT2D eigenvalue weighted by molar-refractivity contribution is 0.103. The number of rotatable bonds is 4. The van der Waals surface area contributed by atoms with E-state index in [1.165, 1.54) is 49.7 Å². The number of fused-ring (bicyclic) bond motifs is 1. The monoisotopic (exact) mass is 392 g/mol. The summed E-state index contributed by atoms with van der Waals surface area (Å²) in [7, 11) is -0.720. The Balaban J connectivity index is 1.95. The lowest BCUT2D eigenvalue weighted by Crippen LogP contribution is -2.22. The van der Waals surface area contributed by atoms with Gasteiger partial charge in [0.15, 0.2) is 0 Å². The second kappa shape index (κ2) is 6.79. The summed E-state index contributed by atoms with van der Waals surface area (Å²) in [5.41, 5.74) is 1.12. The van der Waals surface area contributed by atoms with Crippen molar-refractivity contribution < 1.29 is 17.6 Å². The van der Waals surface area contributed by atoms with E-state index in [-0.39, 0.29) is 10.7 Å². The van der Waals surface area contributed by atoms with Crippen LogP contribution >= 0.6 is 11.3 Å². The number of sulfonamides is 1. The summed E-state index contributed by atoms with van der Waals surface area (Å²) in [5, 5.41) is 3.12. The molecule has 26 heavy (non-hydrogen) atoms. The summed E-state index contributed by atoms with van der Waals surface area (Å²) < 4.78 is 40.2. The zero-order chi connectivity index (χ0) is 19.1. The number of nitrogens with zero attached hydrogens (tertiary/aromatic N) is 1. The average molecular weight is 392 g/mol. The molecule has 3 aromatic rings. The molecule has 0 aliphatic carbocycles. The SMILES string of the molecule is Cc1ccc(S(=O)(=O)N(C)C)cc1NC(=O)c1cc2c(F)cccc2s1. The van der Waals surface area contributed by atoms with Gasteiger partial charge in [0.1, 0.15) is 5.82 Å². The van der Waals surface area contributed by atoms with Crippen molar-refractivity contribution in [1.82, 2.24) is 4.31 Å². The second-order valence-corrected chi connectivity index (χ2v) is 9.22. The van der Waals surface area contributed by atoms with Gasteiger partial charge in [0, 0.05) is 29.9 Å². The van der Waals surface area contributed by atoms with Gasteiger partial charge >= 0.3 is 0 Å². The summed E-state index contributed by atoms with van der Waals surface area (Å²) in [6.07, 6.45) is 0. The Morgan fingerprint density at radius 3 is 2.54 bits per heavy atom. The molecular formula is C18H17FN2O3S2. The molecule has 3 rings (SSSR count). The van der Waals surface area contributed by atoms with Crippen molar-refractivity contribution in [3.63, 3.8) is 0 Å². The van der Waals surface area contributed by atoms with Gasteiger partial charge < -0.3 is 5.32 Å². The van der Waals surface area contributed by atoms with Crippen molar-refractivity contribution in [2.75, 3.05) is 19.4 Å². The van der Waals surface area contributed by atoms with Crippen LogP contribution in [0.1, 0.15) is 15.2 Å². The average Bonchev–Trinajstić information content (AvgIpc) is 3.02. The number of hydrogen-bond acceptors (Lipinski definition) is 4. The minimum Gasteiger partial charge on any atom is -0.321 e. The smallest absolute Gasteiger partial charge is 0.265 e. The molecular weight excluding hydrogens is 375 g/mol. The molecule has 0 aliphatic heterocycles. The van der Waals surface area contributed by atoms with Gasteiger partial charge in [-0.25, -0.2) is 17.1 Å². The zero-order valence-electron chi connectivity index (χ0n) is 14.4. The Morgan fingerprint density at radius 2 is 1.88 bits per heavy atom. The first-order valence-corrected chi connectivity index (χ1v) is 9.98. The van der Waals surface area contributed by atoms with E-state index in [1.54, 1.807) is 25.1 Å². The highest BCUT2D eigenvalue weighted by Crippen LogP contribution is 2.29. The molecule has 5 nitrogen and oxygen atoms in total. The Hall–Kier alpha value is -2.29. The summed E-state index contributed by atoms with van der Waals surface area (Å²) in [5.74, 6) is -0.791. The number of hydrogen-bond donors (Lipinski definition) is 1. The van der Waals surface area contributed by atoms with E-state index in [2.05, 4.69) is 5.32 Å². The summed E-state index contributed by atoms with van der Waals surface area (Å²) in [4.78, 5) is 13.0. The molecule has 0 saturated heterocycles. The van der Waals surface area contributed by atoms with Gasteiger partial charge in [0.25, 0.3) is 5.91 Å². The van der Waals surface area contributed by atoms with Crippen LogP contribution in [-0.2, 0) is 10.0 Å². The molecule has 0 fully saturated rings. The number of anilines is 1. The van der Waals surface area contributed by atoms with Gasteiger partial charge in [0.2, 0.25) is 10.0 Å². The van der Waals surface area contributed by atoms with Gasteiger partial charge in [0.05, 0.1) is 9.77 Å². The quantitative estimate of drug-likeness (QED) is 0.733. The number of amides is 1. The maximum absolute atomic E-state index is 13.8. The van der Waals surface area contributed by atoms with Gasteiger partial charge in [-0.1, -0.05) is 12.1 Å². The predicted octanol–water partition coefficient (Wildman–Crippen LogP) is 3.85. The molecule has 0 unspecified atom stereocenters. The van der Waals surface area contributed by atoms with E-state index < -0.39 is 15.9 Å². The Kier molecular flexibility index (Phi) is 4.83. The topological polar surface area (TPSA) is 66.5 Å². The number of halogens is 1. The maximum Gasteiger partial charge on any atom is 0.265 e. The van der Waals surface area contributed by atoms with Crippen LogP contribution in [0.3, 0.4) is 0 Å². The van der Waals surface area contributed by atoms with Crippen LogP contribution in [0.15, 0.2) is 47.4 Å². The molecule has 136 valence electrons. The highest BCUT2D eigenvalue weighted by Gasteiger charge is 2.19. The highest BCUT2D eigenvalue weighted by atomic mass is 32.2. The molecule has 2 aromatic carbocycles. The summed E-state index contributed by atoms with van der Waals surface area (Å²) in [6, 6.07) is 10.7. The van der Waals surface area contributed by atoms with E-state index in [9.17, 15) is 17.6 Å². The van der Waals surface area contributed by atoms with Crippen molar-refractivity contribution in [2.45, 2.75) is 11.8 Å². The van der Waals surface area contributed by atoms with E-state index in [4.69, 9.17) is 0 Å². The molecule has 0 radical (unpaired) electrons. The second-order valence-electron chi connectivity index (χ2n) is 5.98. The van der Waals surface area contributed by atoms with E-state index in [0.717, 1.165) is 9.87 Å². The van der Waals surface area contributed by atoms with Crippen molar-refractivity contribution in [3.8, 4) is 0 Å². The lowest BCUT2D eigenvalue weighted by Gasteiger charge is -2.14. The van der Waals surface area contributed by atoms with Crippen molar-refractivity contribution >= 4 is 43.0 Å². The Labute approximate surface area is 155 Å². The van der Waals surface area contributed by atoms with Gasteiger partial charge in [-0.3, -0.25) is 4.79 Å². The van der Waals surface area contributed by atoms with E-state index >= 15 is 0 Å². The van der Waals surface area contributed by atoms with Crippen molar-refractivity contribution in [3.05, 3.63) is 58.7 Å². The number of carbonyl (C=O) groups excluding carboxylic acids is 1. The lowest BCUT2D eigenvalue weighted by atomic mass is 10.2. The molecule has 1 N–H and O–H groups in total. The first-order chi connectivity index (χ1) is 12.2. The fraction of sp³-hybridized carbons (Fsp3) is 0.167. The largest absolute Gasteiger partial charge is 0.321 e. The van der Waals surface area contributed by atoms with Crippen LogP contribution in [0.4, 0.5) is 10.1 Å². The molecule has 0 aliphatic rings. The Morgan fingerprint density at radius 1 is 1.15 bits per heavy atom. The third-order valence-corrected chi connectivity index (χ3v) is 6.88. The molecule has 8 heteroatoms. The number of nitrogens with one attached hydrogen (secondary N) is 1. The fourth-order valence-electron chi connectivity index (χ4n) is 2.43. The van der Waals surface area contributed by atoms with Gasteiger partial charge in [-0.05, 0) is 42.8 Å². The highest BCUT2D eigenvalue weighted by molar-refractivity contribution is 7.89. The molecule has 0 atom stereocenters. The van der Waals surface area contributed by atoms with E-state index in [1.807, 2.05) is 0 Å². The molecule has 0 spiro atoms. The summed E-state index contributed by atoms with van der Waals surface area (Å²) in [6.45, 7) is 1.77. The van der Waals surface area contributed by atoms with Crippen molar-refractivity contribution in [2.24, 2.45) is 0 Å². The fourth-order valence-corrected chi connectivity index (χ4v) is 4.33. The van der Waals surface area contributed by atoms with Crippen LogP contribution in [0, 0.1) is 12.7 Å². The minimum absolute atomic E-state index is 0.0887. The third-order valence-electron chi connectivity index (χ3n) is 3.97. The summed E-state index contributed by atoms with van der Waals surface area (Å²) >= 11 is 1.18. The predicted molar refractivity (Wildman–Crippen MR) is 102 cm³/mol. The van der Waals surface area contributed by atoms with Crippen molar-refractivity contribution in [1.29, 1.82) is 0 Å². The molecule has 1 aromatic heterocycles. The van der Waals surface area contributed by atoms with Gasteiger partial charge in [-0.15, -0.1) is 11.3 Å². The van der Waals surface area contributed by atoms with E-state index in [0.29, 0.717) is 20.7 Å². The number of benzene rings is 2. The van der Waals surface area contributed by atoms with Crippen LogP contribution in [0.5, 0.6) is 0 Å². The van der Waals surface area contributed by atoms with Crippen LogP contribution in [0.25, 0.3) is 10.1 Å². The number of aryl methyl sites for hydroxylation is 1. The minimum atomic E-state index is -3.61. The molecule has 0 saturated carbocycles. The standard InChI is InChI=1S/C18H17FN2O3S2/c1-11-7-8-12(26(23,24)21(2)3)9-15(11)20-18(22)17-10-13-14(19)5-4-6-16(13)25-17/h4-10H,1-3H3,(H,20,22). The van der Waals surface area contributed by atoms with Gasteiger partial charge in [-0.2, -0.15) is 0 Å². The maximum atomic E-state index is 13.8. The van der Waals surface area contributed by atoms with Crippen LogP contribution < -0.4 is 5.32 Å². The number of thiophene rings is 1. The molecule has 1 heterocycles. The molecule has 1 amide bonds. The third kappa shape index (κ3) is 3.35.